The first-order valence-corrected chi connectivity index (χ1v) is 9.32. The maximum Gasteiger partial charge on any atom is 0.173 e. The number of rotatable bonds is 7. The highest BCUT2D eigenvalue weighted by atomic mass is 35.5. The summed E-state index contributed by atoms with van der Waals surface area (Å²) in [6.07, 6.45) is 0. The summed E-state index contributed by atoms with van der Waals surface area (Å²) in [6.45, 7) is 3.26. The van der Waals surface area contributed by atoms with Crippen molar-refractivity contribution in [3.05, 3.63) is 58.6 Å². The molecule has 0 N–H and O–H groups in total. The molecule has 2 aromatic carbocycles. The van der Waals surface area contributed by atoms with Gasteiger partial charge < -0.3 is 9.30 Å². The summed E-state index contributed by atoms with van der Waals surface area (Å²) in [6, 6.07) is 13.3. The van der Waals surface area contributed by atoms with Crippen molar-refractivity contribution in [1.82, 2.24) is 9.55 Å². The Morgan fingerprint density at radius 3 is 2.72 bits per heavy atom. The van der Waals surface area contributed by atoms with Crippen LogP contribution in [0.15, 0.2) is 47.6 Å². The number of ketones is 1. The smallest absolute Gasteiger partial charge is 0.173 e. The van der Waals surface area contributed by atoms with Gasteiger partial charge in [-0.15, -0.1) is 0 Å². The Labute approximate surface area is 156 Å². The van der Waals surface area contributed by atoms with E-state index in [4.69, 9.17) is 16.3 Å². The average Bonchev–Trinajstić information content (AvgIpc) is 2.95. The van der Waals surface area contributed by atoms with E-state index in [1.807, 2.05) is 49.4 Å². The number of hydrogen-bond donors (Lipinski definition) is 0. The van der Waals surface area contributed by atoms with Crippen LogP contribution in [0, 0.1) is 6.92 Å². The molecule has 0 saturated carbocycles. The summed E-state index contributed by atoms with van der Waals surface area (Å²) in [4.78, 5) is 17.1. The minimum atomic E-state index is 0.0911. The van der Waals surface area contributed by atoms with E-state index in [9.17, 15) is 4.79 Å². The lowest BCUT2D eigenvalue weighted by molar-refractivity contribution is 0.102. The standard InChI is InChI=1S/C19H19ClN2O2S/c1-13-3-5-14(6-4-13)18(23)12-25-19-21-16-11-15(20)7-8-17(16)22(19)9-10-24-2/h3-8,11H,9-10,12H2,1-2H3. The number of benzene rings is 2. The number of methoxy groups -OCH3 is 1. The van der Waals surface area contributed by atoms with E-state index in [1.165, 1.54) is 11.8 Å². The molecule has 4 nitrogen and oxygen atoms in total. The van der Waals surface area contributed by atoms with Crippen LogP contribution in [0.4, 0.5) is 0 Å². The van der Waals surface area contributed by atoms with Gasteiger partial charge >= 0.3 is 0 Å². The summed E-state index contributed by atoms with van der Waals surface area (Å²) in [5.41, 5.74) is 3.68. The number of hydrogen-bond acceptors (Lipinski definition) is 4. The van der Waals surface area contributed by atoms with E-state index in [0.29, 0.717) is 23.9 Å². The maximum atomic E-state index is 12.4. The Hall–Kier alpha value is -1.82. The topological polar surface area (TPSA) is 44.1 Å². The molecule has 0 saturated heterocycles. The van der Waals surface area contributed by atoms with Crippen molar-refractivity contribution in [2.75, 3.05) is 19.5 Å². The van der Waals surface area contributed by atoms with Gasteiger partial charge in [-0.2, -0.15) is 0 Å². The van der Waals surface area contributed by atoms with E-state index in [-0.39, 0.29) is 5.78 Å². The Balaban J connectivity index is 1.82. The van der Waals surface area contributed by atoms with Crippen LogP contribution in [-0.4, -0.2) is 34.8 Å². The maximum absolute atomic E-state index is 12.4. The quantitative estimate of drug-likeness (QED) is 0.447. The van der Waals surface area contributed by atoms with E-state index in [2.05, 4.69) is 9.55 Å². The summed E-state index contributed by atoms with van der Waals surface area (Å²) >= 11 is 7.51. The van der Waals surface area contributed by atoms with Crippen molar-refractivity contribution in [3.8, 4) is 0 Å². The molecule has 0 atom stereocenters. The summed E-state index contributed by atoms with van der Waals surface area (Å²) in [7, 11) is 1.67. The molecule has 0 aliphatic rings. The Bertz CT molecular complexity index is 890. The van der Waals surface area contributed by atoms with Crippen molar-refractivity contribution in [2.45, 2.75) is 18.6 Å². The fourth-order valence-corrected chi connectivity index (χ4v) is 3.64. The Kier molecular flexibility index (Phi) is 5.78. The van der Waals surface area contributed by atoms with Crippen molar-refractivity contribution < 1.29 is 9.53 Å². The molecule has 6 heteroatoms. The summed E-state index contributed by atoms with van der Waals surface area (Å²) < 4.78 is 7.27. The highest BCUT2D eigenvalue weighted by Crippen LogP contribution is 2.27. The summed E-state index contributed by atoms with van der Waals surface area (Å²) in [5.74, 6) is 0.431. The number of imidazole rings is 1. The van der Waals surface area contributed by atoms with Crippen LogP contribution in [0.3, 0.4) is 0 Å². The third-order valence-corrected chi connectivity index (χ3v) is 5.11. The number of carbonyl (C=O) groups is 1. The first kappa shape index (κ1) is 18.0. The number of thioether (sulfide) groups is 1. The number of aryl methyl sites for hydroxylation is 1. The van der Waals surface area contributed by atoms with Crippen LogP contribution < -0.4 is 0 Å². The van der Waals surface area contributed by atoms with Crippen LogP contribution in [0.2, 0.25) is 5.02 Å². The number of ether oxygens (including phenoxy) is 1. The fraction of sp³-hybridized carbons (Fsp3) is 0.263. The van der Waals surface area contributed by atoms with E-state index >= 15 is 0 Å². The zero-order valence-corrected chi connectivity index (χ0v) is 15.7. The first-order valence-electron chi connectivity index (χ1n) is 7.96. The molecule has 3 rings (SSSR count). The van der Waals surface area contributed by atoms with Gasteiger partial charge in [-0.05, 0) is 25.1 Å². The van der Waals surface area contributed by atoms with Crippen LogP contribution >= 0.6 is 23.4 Å². The molecular weight excluding hydrogens is 356 g/mol. The zero-order chi connectivity index (χ0) is 17.8. The van der Waals surface area contributed by atoms with Crippen LogP contribution in [0.1, 0.15) is 15.9 Å². The molecule has 130 valence electrons. The molecule has 1 heterocycles. The van der Waals surface area contributed by atoms with Crippen molar-refractivity contribution in [2.24, 2.45) is 0 Å². The van der Waals surface area contributed by atoms with Gasteiger partial charge in [-0.1, -0.05) is 53.2 Å². The van der Waals surface area contributed by atoms with Crippen LogP contribution in [0.5, 0.6) is 0 Å². The lowest BCUT2D eigenvalue weighted by Crippen LogP contribution is -2.08. The predicted molar refractivity (Wildman–Crippen MR) is 103 cm³/mol. The summed E-state index contributed by atoms with van der Waals surface area (Å²) in [5, 5.41) is 1.45. The number of aromatic nitrogens is 2. The highest BCUT2D eigenvalue weighted by Gasteiger charge is 2.14. The number of nitrogens with zero attached hydrogens (tertiary/aromatic N) is 2. The van der Waals surface area contributed by atoms with E-state index in [1.54, 1.807) is 7.11 Å². The SMILES string of the molecule is COCCn1c(SCC(=O)c2ccc(C)cc2)nc2cc(Cl)ccc21. The normalized spacial score (nSPS) is 11.2. The molecule has 25 heavy (non-hydrogen) atoms. The number of carbonyl (C=O) groups excluding carboxylic acids is 1. The minimum absolute atomic E-state index is 0.0911. The number of Topliss-reactive ketones (excluding diaryl/α,β-unsaturated/α-hetero) is 1. The van der Waals surface area contributed by atoms with Crippen LogP contribution in [0.25, 0.3) is 11.0 Å². The van der Waals surface area contributed by atoms with Gasteiger partial charge in [0.05, 0.1) is 23.4 Å². The molecule has 3 aromatic rings. The molecule has 0 aliphatic heterocycles. The van der Waals surface area contributed by atoms with Gasteiger partial charge in [-0.25, -0.2) is 4.98 Å². The van der Waals surface area contributed by atoms with Crippen molar-refractivity contribution >= 4 is 40.2 Å². The van der Waals surface area contributed by atoms with Crippen molar-refractivity contribution in [3.63, 3.8) is 0 Å². The van der Waals surface area contributed by atoms with Gasteiger partial charge in [0.2, 0.25) is 0 Å². The first-order chi connectivity index (χ1) is 12.1. The Morgan fingerprint density at radius 1 is 1.24 bits per heavy atom. The van der Waals surface area contributed by atoms with Gasteiger partial charge in [0.25, 0.3) is 0 Å². The molecular formula is C19H19ClN2O2S. The Morgan fingerprint density at radius 2 is 2.00 bits per heavy atom. The molecule has 0 fully saturated rings. The van der Waals surface area contributed by atoms with E-state index < -0.39 is 0 Å². The second-order valence-corrected chi connectivity index (χ2v) is 7.13. The zero-order valence-electron chi connectivity index (χ0n) is 14.2. The second-order valence-electron chi connectivity index (χ2n) is 5.75. The molecule has 0 radical (unpaired) electrons. The third-order valence-electron chi connectivity index (χ3n) is 3.90. The molecule has 1 aromatic heterocycles. The average molecular weight is 375 g/mol. The molecule has 0 unspecified atom stereocenters. The lowest BCUT2D eigenvalue weighted by Gasteiger charge is -2.08. The monoisotopic (exact) mass is 374 g/mol. The molecule has 0 amide bonds. The van der Waals surface area contributed by atoms with Gasteiger partial charge in [0.15, 0.2) is 10.9 Å². The second kappa shape index (κ2) is 8.04. The molecule has 0 bridgehead atoms. The molecule has 0 spiro atoms. The third kappa shape index (κ3) is 4.24. The fourth-order valence-electron chi connectivity index (χ4n) is 2.54. The van der Waals surface area contributed by atoms with Gasteiger partial charge in [0, 0.05) is 24.2 Å². The number of halogens is 1. The van der Waals surface area contributed by atoms with E-state index in [0.717, 1.165) is 27.3 Å². The van der Waals surface area contributed by atoms with Crippen molar-refractivity contribution in [1.29, 1.82) is 0 Å². The minimum Gasteiger partial charge on any atom is -0.383 e. The van der Waals surface area contributed by atoms with Gasteiger partial charge in [0.1, 0.15) is 0 Å². The van der Waals surface area contributed by atoms with Gasteiger partial charge in [-0.3, -0.25) is 4.79 Å². The molecule has 0 aliphatic carbocycles. The highest BCUT2D eigenvalue weighted by molar-refractivity contribution is 7.99. The number of fused-ring (bicyclic) bond motifs is 1. The predicted octanol–water partition coefficient (Wildman–Crippen LogP) is 4.62. The largest absolute Gasteiger partial charge is 0.383 e. The lowest BCUT2D eigenvalue weighted by atomic mass is 10.1. The van der Waals surface area contributed by atoms with Crippen LogP contribution in [-0.2, 0) is 11.3 Å².